The van der Waals surface area contributed by atoms with Crippen molar-refractivity contribution in [2.24, 2.45) is 7.05 Å². The van der Waals surface area contributed by atoms with E-state index >= 15 is 0 Å². The fourth-order valence-corrected chi connectivity index (χ4v) is 2.86. The maximum atomic E-state index is 13.0. The van der Waals surface area contributed by atoms with E-state index in [2.05, 4.69) is 10.4 Å². The van der Waals surface area contributed by atoms with Crippen LogP contribution in [0.25, 0.3) is 11.3 Å². The number of hydrogen-bond acceptors (Lipinski definition) is 3. The lowest BCUT2D eigenvalue weighted by atomic mass is 9.96. The standard InChI is InChI=1S/C20H22FN3O/c1-20(25,17-8-10-18(21)11-9-17)14-22-12-16-13-24(2)23-19(16)15-6-4-3-5-7-15/h3-11,13,22,25H,12,14H2,1-2H3. The second-order valence-electron chi connectivity index (χ2n) is 6.43. The van der Waals surface area contributed by atoms with Gasteiger partial charge < -0.3 is 10.4 Å². The summed E-state index contributed by atoms with van der Waals surface area (Å²) in [5.74, 6) is -0.310. The van der Waals surface area contributed by atoms with Crippen molar-refractivity contribution in [1.82, 2.24) is 15.1 Å². The van der Waals surface area contributed by atoms with Crippen LogP contribution < -0.4 is 5.32 Å². The molecule has 0 fully saturated rings. The van der Waals surface area contributed by atoms with E-state index in [1.54, 1.807) is 23.7 Å². The van der Waals surface area contributed by atoms with Gasteiger partial charge in [-0.15, -0.1) is 0 Å². The van der Waals surface area contributed by atoms with Crippen LogP contribution in [0.15, 0.2) is 60.8 Å². The van der Waals surface area contributed by atoms with Crippen molar-refractivity contribution < 1.29 is 9.50 Å². The predicted octanol–water partition coefficient (Wildman–Crippen LogP) is 3.22. The van der Waals surface area contributed by atoms with Gasteiger partial charge in [-0.25, -0.2) is 4.39 Å². The summed E-state index contributed by atoms with van der Waals surface area (Å²) in [6, 6.07) is 15.9. The van der Waals surface area contributed by atoms with Crippen molar-refractivity contribution in [3.63, 3.8) is 0 Å². The van der Waals surface area contributed by atoms with Crippen LogP contribution in [0.1, 0.15) is 18.1 Å². The smallest absolute Gasteiger partial charge is 0.123 e. The molecule has 0 amide bonds. The molecular formula is C20H22FN3O. The van der Waals surface area contributed by atoms with Crippen LogP contribution in [0.4, 0.5) is 4.39 Å². The minimum atomic E-state index is -1.08. The molecule has 0 saturated heterocycles. The first kappa shape index (κ1) is 17.3. The number of benzene rings is 2. The minimum absolute atomic E-state index is 0.310. The first-order chi connectivity index (χ1) is 12.0. The van der Waals surface area contributed by atoms with Gasteiger partial charge in [0, 0.05) is 37.5 Å². The molecule has 25 heavy (non-hydrogen) atoms. The van der Waals surface area contributed by atoms with Gasteiger partial charge >= 0.3 is 0 Å². The number of aryl methyl sites for hydroxylation is 1. The molecule has 0 bridgehead atoms. The molecule has 4 nitrogen and oxygen atoms in total. The van der Waals surface area contributed by atoms with Crippen LogP contribution in [0.2, 0.25) is 0 Å². The zero-order valence-electron chi connectivity index (χ0n) is 14.4. The Morgan fingerprint density at radius 2 is 1.80 bits per heavy atom. The second-order valence-corrected chi connectivity index (χ2v) is 6.43. The van der Waals surface area contributed by atoms with E-state index in [9.17, 15) is 9.50 Å². The molecule has 0 aliphatic carbocycles. The van der Waals surface area contributed by atoms with Crippen molar-refractivity contribution in [1.29, 1.82) is 0 Å². The lowest BCUT2D eigenvalue weighted by molar-refractivity contribution is 0.0566. The zero-order valence-corrected chi connectivity index (χ0v) is 14.4. The van der Waals surface area contributed by atoms with E-state index in [1.807, 2.05) is 43.6 Å². The molecule has 0 saturated carbocycles. The number of rotatable bonds is 6. The summed E-state index contributed by atoms with van der Waals surface area (Å²) in [6.07, 6.45) is 1.97. The summed E-state index contributed by atoms with van der Waals surface area (Å²) in [5.41, 5.74) is 2.64. The molecule has 0 spiro atoms. The fourth-order valence-electron chi connectivity index (χ4n) is 2.86. The quantitative estimate of drug-likeness (QED) is 0.725. The second kappa shape index (κ2) is 7.17. The van der Waals surface area contributed by atoms with E-state index in [1.165, 1.54) is 12.1 Å². The molecule has 0 radical (unpaired) electrons. The van der Waals surface area contributed by atoms with Crippen LogP contribution in [-0.2, 0) is 19.2 Å². The number of nitrogens with one attached hydrogen (secondary N) is 1. The Morgan fingerprint density at radius 1 is 1.12 bits per heavy atom. The van der Waals surface area contributed by atoms with Gasteiger partial charge in [0.25, 0.3) is 0 Å². The predicted molar refractivity (Wildman–Crippen MR) is 96.3 cm³/mol. The highest BCUT2D eigenvalue weighted by Gasteiger charge is 2.23. The largest absolute Gasteiger partial charge is 0.384 e. The molecule has 3 rings (SSSR count). The first-order valence-electron chi connectivity index (χ1n) is 8.23. The van der Waals surface area contributed by atoms with Gasteiger partial charge in [-0.05, 0) is 24.6 Å². The lowest BCUT2D eigenvalue weighted by Crippen LogP contribution is -2.35. The van der Waals surface area contributed by atoms with Crippen molar-refractivity contribution in [3.8, 4) is 11.3 Å². The molecule has 1 unspecified atom stereocenters. The fraction of sp³-hybridized carbons (Fsp3) is 0.250. The summed E-state index contributed by atoms with van der Waals surface area (Å²) in [4.78, 5) is 0. The van der Waals surface area contributed by atoms with Crippen LogP contribution >= 0.6 is 0 Å². The molecular weight excluding hydrogens is 317 g/mol. The maximum Gasteiger partial charge on any atom is 0.123 e. The van der Waals surface area contributed by atoms with Crippen molar-refractivity contribution in [2.45, 2.75) is 19.1 Å². The van der Waals surface area contributed by atoms with Gasteiger partial charge in [0.05, 0.1) is 11.3 Å². The summed E-state index contributed by atoms with van der Waals surface area (Å²) in [7, 11) is 1.89. The summed E-state index contributed by atoms with van der Waals surface area (Å²) in [5, 5.41) is 18.5. The topological polar surface area (TPSA) is 50.1 Å². The third-order valence-electron chi connectivity index (χ3n) is 4.20. The molecule has 3 aromatic rings. The van der Waals surface area contributed by atoms with Crippen LogP contribution in [-0.4, -0.2) is 21.4 Å². The molecule has 2 N–H and O–H groups in total. The van der Waals surface area contributed by atoms with Gasteiger partial charge in [-0.2, -0.15) is 5.10 Å². The van der Waals surface area contributed by atoms with E-state index in [0.717, 1.165) is 16.8 Å². The van der Waals surface area contributed by atoms with E-state index < -0.39 is 5.60 Å². The number of hydrogen-bond donors (Lipinski definition) is 2. The van der Waals surface area contributed by atoms with Crippen LogP contribution in [0, 0.1) is 5.82 Å². The highest BCUT2D eigenvalue weighted by Crippen LogP contribution is 2.23. The van der Waals surface area contributed by atoms with Gasteiger partial charge in [0.1, 0.15) is 5.82 Å². The van der Waals surface area contributed by atoms with Gasteiger partial charge in [0.2, 0.25) is 0 Å². The highest BCUT2D eigenvalue weighted by atomic mass is 19.1. The first-order valence-corrected chi connectivity index (χ1v) is 8.23. The zero-order chi connectivity index (χ0) is 17.9. The number of aromatic nitrogens is 2. The third-order valence-corrected chi connectivity index (χ3v) is 4.20. The Bertz CT molecular complexity index is 826. The van der Waals surface area contributed by atoms with E-state index in [4.69, 9.17) is 0 Å². The summed E-state index contributed by atoms with van der Waals surface area (Å²) in [6.45, 7) is 2.64. The molecule has 1 atom stereocenters. The van der Waals surface area contributed by atoms with Gasteiger partial charge in [-0.1, -0.05) is 42.5 Å². The molecule has 0 aliphatic heterocycles. The van der Waals surface area contributed by atoms with Crippen molar-refractivity contribution in [3.05, 3.63) is 77.7 Å². The number of aliphatic hydroxyl groups is 1. The monoisotopic (exact) mass is 339 g/mol. The highest BCUT2D eigenvalue weighted by molar-refractivity contribution is 5.62. The Labute approximate surface area is 146 Å². The maximum absolute atomic E-state index is 13.0. The summed E-state index contributed by atoms with van der Waals surface area (Å²) < 4.78 is 14.8. The van der Waals surface area contributed by atoms with Crippen molar-refractivity contribution in [2.75, 3.05) is 6.54 Å². The molecule has 2 aromatic carbocycles. The molecule has 1 heterocycles. The van der Waals surface area contributed by atoms with E-state index in [-0.39, 0.29) is 5.82 Å². The van der Waals surface area contributed by atoms with Gasteiger partial charge in [0.15, 0.2) is 0 Å². The molecule has 1 aromatic heterocycles. The van der Waals surface area contributed by atoms with Crippen LogP contribution in [0.5, 0.6) is 0 Å². The molecule has 5 heteroatoms. The Hall–Kier alpha value is -2.50. The average molecular weight is 339 g/mol. The Kier molecular flexibility index (Phi) is 4.97. The van der Waals surface area contributed by atoms with Crippen molar-refractivity contribution >= 4 is 0 Å². The molecule has 0 aliphatic rings. The number of nitrogens with zero attached hydrogens (tertiary/aromatic N) is 2. The average Bonchev–Trinajstić information content (AvgIpc) is 2.96. The number of halogens is 1. The normalized spacial score (nSPS) is 13.6. The van der Waals surface area contributed by atoms with Gasteiger partial charge in [-0.3, -0.25) is 4.68 Å². The Balaban J connectivity index is 1.69. The lowest BCUT2D eigenvalue weighted by Gasteiger charge is -2.24. The SMILES string of the molecule is Cn1cc(CNCC(C)(O)c2ccc(F)cc2)c(-c2ccccc2)n1. The van der Waals surface area contributed by atoms with E-state index in [0.29, 0.717) is 18.7 Å². The summed E-state index contributed by atoms with van der Waals surface area (Å²) >= 11 is 0. The minimum Gasteiger partial charge on any atom is -0.384 e. The third kappa shape index (κ3) is 4.13. The Morgan fingerprint density at radius 3 is 2.48 bits per heavy atom. The molecule has 130 valence electrons. The van der Waals surface area contributed by atoms with Crippen LogP contribution in [0.3, 0.4) is 0 Å².